The second kappa shape index (κ2) is 3.12. The fraction of sp³-hybridized carbons (Fsp3) is 0.769. The number of nitrogens with zero attached hydrogens (tertiary/aromatic N) is 1. The Balaban J connectivity index is 2.18. The van der Waals surface area contributed by atoms with Gasteiger partial charge in [-0.15, -0.1) is 0 Å². The molecular weight excluding hydrogens is 170 g/mol. The summed E-state index contributed by atoms with van der Waals surface area (Å²) in [6.07, 6.45) is 5.50. The van der Waals surface area contributed by atoms with Crippen molar-refractivity contribution >= 4 is 0 Å². The fourth-order valence-electron chi connectivity index (χ4n) is 3.34. The molecule has 0 aromatic rings. The first-order valence-corrected chi connectivity index (χ1v) is 5.66. The highest BCUT2D eigenvalue weighted by Gasteiger charge is 2.60. The normalized spacial score (nSPS) is 41.6. The summed E-state index contributed by atoms with van der Waals surface area (Å²) in [5.74, 6) is 2.41. The highest BCUT2D eigenvalue weighted by atomic mass is 14.6. The Morgan fingerprint density at radius 1 is 1.50 bits per heavy atom. The van der Waals surface area contributed by atoms with Gasteiger partial charge in [-0.3, -0.25) is 0 Å². The predicted octanol–water partition coefficient (Wildman–Crippen LogP) is 3.53. The number of allylic oxidation sites excluding steroid dienone is 2. The highest BCUT2D eigenvalue weighted by molar-refractivity contribution is 5.28. The lowest BCUT2D eigenvalue weighted by molar-refractivity contribution is 0.459. The van der Waals surface area contributed by atoms with Crippen LogP contribution >= 0.6 is 0 Å². The van der Waals surface area contributed by atoms with Crippen LogP contribution in [0.4, 0.5) is 0 Å². The first-order valence-electron chi connectivity index (χ1n) is 5.66. The van der Waals surface area contributed by atoms with Gasteiger partial charge in [-0.05, 0) is 36.0 Å². The van der Waals surface area contributed by atoms with Crippen molar-refractivity contribution in [2.45, 2.75) is 40.0 Å². The van der Waals surface area contributed by atoms with Crippen molar-refractivity contribution in [1.29, 1.82) is 5.26 Å². The van der Waals surface area contributed by atoms with Gasteiger partial charge in [-0.1, -0.05) is 32.4 Å². The van der Waals surface area contributed by atoms with E-state index in [1.165, 1.54) is 12.8 Å². The molecule has 0 heterocycles. The first kappa shape index (κ1) is 9.77. The van der Waals surface area contributed by atoms with Crippen LogP contribution in [0.5, 0.6) is 0 Å². The van der Waals surface area contributed by atoms with Gasteiger partial charge in [0.15, 0.2) is 0 Å². The molecule has 0 spiro atoms. The highest BCUT2D eigenvalue weighted by Crippen LogP contribution is 2.67. The van der Waals surface area contributed by atoms with Crippen LogP contribution in [-0.4, -0.2) is 0 Å². The molecule has 14 heavy (non-hydrogen) atoms. The van der Waals surface area contributed by atoms with E-state index in [4.69, 9.17) is 5.26 Å². The molecule has 2 fully saturated rings. The molecule has 0 amide bonds. The Bertz CT molecular complexity index is 306. The summed E-state index contributed by atoms with van der Waals surface area (Å²) < 4.78 is 0. The lowest BCUT2D eigenvalue weighted by atomic mass is 9.85. The fourth-order valence-corrected chi connectivity index (χ4v) is 3.34. The number of rotatable bonds is 1. The molecule has 2 aliphatic rings. The minimum atomic E-state index is 0.520. The Kier molecular flexibility index (Phi) is 2.18. The Morgan fingerprint density at radius 2 is 2.21 bits per heavy atom. The molecule has 3 atom stereocenters. The van der Waals surface area contributed by atoms with E-state index in [9.17, 15) is 0 Å². The number of nitriles is 1. The van der Waals surface area contributed by atoms with E-state index < -0.39 is 0 Å². The summed E-state index contributed by atoms with van der Waals surface area (Å²) in [5, 5.41) is 8.62. The van der Waals surface area contributed by atoms with E-state index in [1.54, 1.807) is 5.57 Å². The van der Waals surface area contributed by atoms with Crippen molar-refractivity contribution in [2.75, 3.05) is 0 Å². The summed E-state index contributed by atoms with van der Waals surface area (Å²) in [7, 11) is 0. The summed E-state index contributed by atoms with van der Waals surface area (Å²) >= 11 is 0. The predicted molar refractivity (Wildman–Crippen MR) is 57.5 cm³/mol. The maximum Gasteiger partial charge on any atom is 0.0663 e. The Hall–Kier alpha value is -0.770. The molecular formula is C13H19N. The largest absolute Gasteiger partial charge is 0.198 e. The maximum absolute atomic E-state index is 8.62. The Morgan fingerprint density at radius 3 is 2.86 bits per heavy atom. The van der Waals surface area contributed by atoms with E-state index in [-0.39, 0.29) is 0 Å². The average Bonchev–Trinajstić information content (AvgIpc) is 2.68. The monoisotopic (exact) mass is 189 g/mol. The van der Waals surface area contributed by atoms with Gasteiger partial charge < -0.3 is 0 Å². The van der Waals surface area contributed by atoms with Gasteiger partial charge in [-0.2, -0.15) is 5.26 Å². The third-order valence-corrected chi connectivity index (χ3v) is 4.32. The first-order chi connectivity index (χ1) is 6.59. The van der Waals surface area contributed by atoms with Crippen molar-refractivity contribution in [3.63, 3.8) is 0 Å². The molecule has 0 radical (unpaired) electrons. The molecule has 0 aromatic heterocycles. The van der Waals surface area contributed by atoms with Crippen molar-refractivity contribution in [2.24, 2.45) is 23.2 Å². The van der Waals surface area contributed by atoms with Gasteiger partial charge in [0.1, 0.15) is 0 Å². The molecule has 0 aliphatic heterocycles. The van der Waals surface area contributed by atoms with E-state index in [0.717, 1.165) is 11.8 Å². The molecule has 2 aliphatic carbocycles. The molecule has 0 saturated heterocycles. The van der Waals surface area contributed by atoms with Crippen LogP contribution in [0, 0.1) is 34.5 Å². The quantitative estimate of drug-likeness (QED) is 0.579. The van der Waals surface area contributed by atoms with E-state index in [2.05, 4.69) is 32.9 Å². The van der Waals surface area contributed by atoms with Crippen molar-refractivity contribution in [3.05, 3.63) is 11.6 Å². The second-order valence-electron chi connectivity index (χ2n) is 5.45. The number of hydrogen-bond donors (Lipinski definition) is 0. The third-order valence-electron chi connectivity index (χ3n) is 4.32. The zero-order valence-corrected chi connectivity index (χ0v) is 9.38. The maximum atomic E-state index is 8.62. The molecule has 76 valence electrons. The smallest absolute Gasteiger partial charge is 0.0663 e. The van der Waals surface area contributed by atoms with Gasteiger partial charge in [0.25, 0.3) is 0 Å². The molecule has 0 aromatic carbocycles. The van der Waals surface area contributed by atoms with Gasteiger partial charge in [0, 0.05) is 0 Å². The Labute approximate surface area is 86.8 Å². The SMILES string of the molecule is C[C@H]1CCC2[C@H](C1=CCC#N)C2(C)C. The van der Waals surface area contributed by atoms with Gasteiger partial charge in [0.2, 0.25) is 0 Å². The van der Waals surface area contributed by atoms with Gasteiger partial charge in [0.05, 0.1) is 12.5 Å². The van der Waals surface area contributed by atoms with Gasteiger partial charge >= 0.3 is 0 Å². The van der Waals surface area contributed by atoms with Crippen LogP contribution < -0.4 is 0 Å². The summed E-state index contributed by atoms with van der Waals surface area (Å²) in [4.78, 5) is 0. The topological polar surface area (TPSA) is 23.8 Å². The standard InChI is InChI=1S/C13H19N/c1-9-6-7-11-12(13(11,2)3)10(9)5-4-8-14/h5,9,11-12H,4,6-7H2,1-3H3/t9-,11?,12-/m0/s1. The zero-order valence-electron chi connectivity index (χ0n) is 9.38. The van der Waals surface area contributed by atoms with Gasteiger partial charge in [-0.25, -0.2) is 0 Å². The number of fused-ring (bicyclic) bond motifs is 1. The average molecular weight is 189 g/mol. The van der Waals surface area contributed by atoms with Crippen LogP contribution in [-0.2, 0) is 0 Å². The van der Waals surface area contributed by atoms with Crippen molar-refractivity contribution in [1.82, 2.24) is 0 Å². The van der Waals surface area contributed by atoms with Crippen molar-refractivity contribution in [3.8, 4) is 6.07 Å². The lowest BCUT2D eigenvalue weighted by Gasteiger charge is -2.20. The second-order valence-corrected chi connectivity index (χ2v) is 5.45. The van der Waals surface area contributed by atoms with Crippen molar-refractivity contribution < 1.29 is 0 Å². The molecule has 1 nitrogen and oxygen atoms in total. The molecule has 1 heteroatoms. The molecule has 2 rings (SSSR count). The number of hydrogen-bond acceptors (Lipinski definition) is 1. The summed E-state index contributed by atoms with van der Waals surface area (Å²) in [5.41, 5.74) is 2.10. The van der Waals surface area contributed by atoms with E-state index >= 15 is 0 Å². The van der Waals surface area contributed by atoms with Crippen LogP contribution in [0.2, 0.25) is 0 Å². The molecule has 0 bridgehead atoms. The minimum Gasteiger partial charge on any atom is -0.198 e. The minimum absolute atomic E-state index is 0.520. The lowest BCUT2D eigenvalue weighted by Crippen LogP contribution is -2.09. The summed E-state index contributed by atoms with van der Waals surface area (Å²) in [6, 6.07) is 2.23. The summed E-state index contributed by atoms with van der Waals surface area (Å²) in [6.45, 7) is 7.06. The van der Waals surface area contributed by atoms with E-state index in [1.807, 2.05) is 0 Å². The zero-order chi connectivity index (χ0) is 10.3. The third kappa shape index (κ3) is 1.29. The van der Waals surface area contributed by atoms with Crippen LogP contribution in [0.15, 0.2) is 11.6 Å². The molecule has 2 saturated carbocycles. The van der Waals surface area contributed by atoms with Crippen LogP contribution in [0.25, 0.3) is 0 Å². The van der Waals surface area contributed by atoms with E-state index in [0.29, 0.717) is 17.8 Å². The molecule has 0 N–H and O–H groups in total. The van der Waals surface area contributed by atoms with Crippen LogP contribution in [0.1, 0.15) is 40.0 Å². The van der Waals surface area contributed by atoms with Crippen LogP contribution in [0.3, 0.4) is 0 Å². The molecule has 1 unspecified atom stereocenters.